The lowest BCUT2D eigenvalue weighted by molar-refractivity contribution is 0.0303. The Kier molecular flexibility index (Phi) is 4.21. The zero-order valence-electron chi connectivity index (χ0n) is 16.8. The molecule has 1 aliphatic carbocycles. The molecule has 0 N–H and O–H groups in total. The number of nitrogens with zero attached hydrogens (tertiary/aromatic N) is 1. The van der Waals surface area contributed by atoms with Crippen LogP contribution >= 0.6 is 12.4 Å². The highest BCUT2D eigenvalue weighted by molar-refractivity contribution is 5.85. The van der Waals surface area contributed by atoms with Crippen LogP contribution in [0.25, 0.3) is 0 Å². The molecule has 2 nitrogen and oxygen atoms in total. The average Bonchev–Trinajstić information content (AvgIpc) is 2.62. The second-order valence-corrected chi connectivity index (χ2v) is 6.05. The summed E-state index contributed by atoms with van der Waals surface area (Å²) in [4.78, 5) is 2.45. The summed E-state index contributed by atoms with van der Waals surface area (Å²) in [5.74, 6) is 0.0540. The zero-order valence-corrected chi connectivity index (χ0v) is 13.7. The molecule has 1 saturated heterocycles. The van der Waals surface area contributed by atoms with E-state index in [1.165, 1.54) is 20.0 Å². The van der Waals surface area contributed by atoms with Crippen LogP contribution in [-0.2, 0) is 5.54 Å². The van der Waals surface area contributed by atoms with E-state index >= 15 is 0 Å². The Morgan fingerprint density at radius 3 is 2.10 bits per heavy atom. The van der Waals surface area contributed by atoms with Crippen LogP contribution in [-0.4, -0.2) is 25.1 Å². The molecule has 1 aromatic carbocycles. The minimum atomic E-state index is -0.343. The van der Waals surface area contributed by atoms with Gasteiger partial charge in [-0.2, -0.15) is 0 Å². The molecule has 2 aliphatic rings. The van der Waals surface area contributed by atoms with Gasteiger partial charge in [0.15, 0.2) is 0 Å². The molecule has 1 aromatic rings. The van der Waals surface area contributed by atoms with E-state index in [1.54, 1.807) is 0 Å². The van der Waals surface area contributed by atoms with Crippen molar-refractivity contribution in [3.63, 3.8) is 0 Å². The van der Waals surface area contributed by atoms with Crippen molar-refractivity contribution in [1.82, 2.24) is 4.90 Å². The SMILES string of the molecule is Cl.[2H]c1c([2H])c(C2(N3CCCCC3)CCCCC2)c([2H])c([2H])c1OC. The van der Waals surface area contributed by atoms with Gasteiger partial charge in [0.2, 0.25) is 0 Å². The Labute approximate surface area is 140 Å². The number of methoxy groups -OCH3 is 1. The first kappa shape index (κ1) is 11.8. The molecule has 0 bridgehead atoms. The van der Waals surface area contributed by atoms with E-state index in [0.29, 0.717) is 5.56 Å². The van der Waals surface area contributed by atoms with Crippen molar-refractivity contribution in [3.05, 3.63) is 29.7 Å². The third-order valence-electron chi connectivity index (χ3n) is 4.91. The maximum Gasteiger partial charge on any atom is 0.118 e. The molecule has 0 unspecified atom stereocenters. The molecule has 2 fully saturated rings. The maximum atomic E-state index is 8.56. The van der Waals surface area contributed by atoms with Gasteiger partial charge in [0, 0.05) is 5.54 Å². The summed E-state index contributed by atoms with van der Waals surface area (Å²) < 4.78 is 38.8. The maximum absolute atomic E-state index is 8.56. The first-order valence-corrected chi connectivity index (χ1v) is 7.93. The largest absolute Gasteiger partial charge is 0.497 e. The fourth-order valence-electron chi connectivity index (χ4n) is 3.82. The van der Waals surface area contributed by atoms with E-state index in [-0.39, 0.29) is 47.9 Å². The second-order valence-electron chi connectivity index (χ2n) is 6.05. The van der Waals surface area contributed by atoms with E-state index in [9.17, 15) is 0 Å². The minimum Gasteiger partial charge on any atom is -0.497 e. The van der Waals surface area contributed by atoms with Crippen LogP contribution in [0.1, 0.15) is 62.4 Å². The summed E-state index contributed by atoms with van der Waals surface area (Å²) in [5, 5.41) is 0. The van der Waals surface area contributed by atoms with Crippen LogP contribution < -0.4 is 4.74 Å². The molecule has 0 radical (unpaired) electrons. The number of ether oxygens (including phenoxy) is 1. The predicted octanol–water partition coefficient (Wildman–Crippen LogP) is 4.76. The van der Waals surface area contributed by atoms with Crippen LogP contribution in [0.4, 0.5) is 0 Å². The average molecular weight is 314 g/mol. The Bertz CT molecular complexity index is 585. The molecule has 0 aromatic heterocycles. The number of piperidine rings is 1. The van der Waals surface area contributed by atoms with Gasteiger partial charge in [-0.1, -0.05) is 37.8 Å². The Hall–Kier alpha value is -0.730. The summed E-state index contributed by atoms with van der Waals surface area (Å²) >= 11 is 0. The van der Waals surface area contributed by atoms with Crippen molar-refractivity contribution >= 4 is 12.4 Å². The standard InChI is InChI=1S/C18H27NO.ClH/c1-20-17-10-8-16(9-11-17)18(12-4-2-5-13-18)19-14-6-3-7-15-19;/h8-11H,2-7,12-15H2,1H3;1H/i8D,9D,10D,11D;. The van der Waals surface area contributed by atoms with E-state index < -0.39 is 0 Å². The number of hydrogen-bond donors (Lipinski definition) is 0. The van der Waals surface area contributed by atoms with Crippen LogP contribution in [0.15, 0.2) is 24.2 Å². The van der Waals surface area contributed by atoms with Crippen LogP contribution in [0.5, 0.6) is 5.75 Å². The molecular formula is C18H28ClNO. The molecular weight excluding hydrogens is 282 g/mol. The van der Waals surface area contributed by atoms with Crippen molar-refractivity contribution < 1.29 is 10.2 Å². The quantitative estimate of drug-likeness (QED) is 0.797. The lowest BCUT2D eigenvalue weighted by Gasteiger charge is -2.48. The van der Waals surface area contributed by atoms with Gasteiger partial charge in [-0.3, -0.25) is 4.90 Å². The Morgan fingerprint density at radius 2 is 1.52 bits per heavy atom. The molecule has 21 heavy (non-hydrogen) atoms. The zero-order chi connectivity index (χ0) is 17.3. The van der Waals surface area contributed by atoms with E-state index in [2.05, 4.69) is 4.90 Å². The van der Waals surface area contributed by atoms with E-state index in [4.69, 9.17) is 10.2 Å². The fourth-order valence-corrected chi connectivity index (χ4v) is 3.82. The molecule has 3 heteroatoms. The highest BCUT2D eigenvalue weighted by Crippen LogP contribution is 2.43. The molecule has 1 aliphatic heterocycles. The Morgan fingerprint density at radius 1 is 0.952 bits per heavy atom. The summed E-state index contributed by atoms with van der Waals surface area (Å²) in [7, 11) is 1.41. The lowest BCUT2D eigenvalue weighted by Crippen LogP contribution is -2.49. The lowest BCUT2D eigenvalue weighted by atomic mass is 9.74. The van der Waals surface area contributed by atoms with Gasteiger partial charge in [-0.05, 0) is 56.4 Å². The van der Waals surface area contributed by atoms with Crippen LogP contribution in [0, 0.1) is 0 Å². The third-order valence-corrected chi connectivity index (χ3v) is 4.91. The molecule has 1 saturated carbocycles. The van der Waals surface area contributed by atoms with Gasteiger partial charge < -0.3 is 4.74 Å². The number of halogens is 1. The molecule has 3 rings (SSSR count). The van der Waals surface area contributed by atoms with Crippen molar-refractivity contribution in [2.75, 3.05) is 20.2 Å². The van der Waals surface area contributed by atoms with Crippen molar-refractivity contribution in [2.45, 2.75) is 56.9 Å². The van der Waals surface area contributed by atoms with Gasteiger partial charge >= 0.3 is 0 Å². The summed E-state index contributed by atoms with van der Waals surface area (Å²) in [5.41, 5.74) is 0.255. The van der Waals surface area contributed by atoms with Gasteiger partial charge in [-0.15, -0.1) is 12.4 Å². The topological polar surface area (TPSA) is 12.5 Å². The van der Waals surface area contributed by atoms with Crippen molar-refractivity contribution in [2.24, 2.45) is 0 Å². The monoisotopic (exact) mass is 313 g/mol. The highest BCUT2D eigenvalue weighted by atomic mass is 35.5. The second kappa shape index (κ2) is 7.51. The first-order chi connectivity index (χ1) is 11.5. The molecule has 0 amide bonds. The first-order valence-electron chi connectivity index (χ1n) is 9.93. The van der Waals surface area contributed by atoms with Gasteiger partial charge in [0.25, 0.3) is 0 Å². The third kappa shape index (κ3) is 3.37. The number of rotatable bonds is 3. The van der Waals surface area contributed by atoms with Crippen LogP contribution in [0.2, 0.25) is 0 Å². The highest BCUT2D eigenvalue weighted by Gasteiger charge is 2.39. The van der Waals surface area contributed by atoms with Crippen LogP contribution in [0.3, 0.4) is 0 Å². The number of likely N-dealkylation sites (tertiary alicyclic amines) is 1. The normalized spacial score (nSPS) is 25.0. The van der Waals surface area contributed by atoms with Gasteiger partial charge in [0.1, 0.15) is 5.75 Å². The summed E-state index contributed by atoms with van der Waals surface area (Å²) in [6.07, 6.45) is 8.76. The minimum absolute atomic E-state index is 0. The van der Waals surface area contributed by atoms with Crippen molar-refractivity contribution in [3.8, 4) is 5.75 Å². The van der Waals surface area contributed by atoms with Gasteiger partial charge in [0.05, 0.1) is 12.6 Å². The molecule has 118 valence electrons. The molecule has 1 heterocycles. The van der Waals surface area contributed by atoms with E-state index in [0.717, 1.165) is 51.6 Å². The van der Waals surface area contributed by atoms with E-state index in [1.807, 2.05) is 0 Å². The van der Waals surface area contributed by atoms with Gasteiger partial charge in [-0.25, -0.2) is 0 Å². The number of benzene rings is 1. The molecule has 0 atom stereocenters. The summed E-state index contributed by atoms with van der Waals surface area (Å²) in [6, 6.07) is 0.0755. The summed E-state index contributed by atoms with van der Waals surface area (Å²) in [6.45, 7) is 1.98. The number of hydrogen-bond acceptors (Lipinski definition) is 2. The predicted molar refractivity (Wildman–Crippen MR) is 90.4 cm³/mol. The smallest absolute Gasteiger partial charge is 0.118 e. The fraction of sp³-hybridized carbons (Fsp3) is 0.667. The van der Waals surface area contributed by atoms with Crippen molar-refractivity contribution in [1.29, 1.82) is 0 Å². The Balaban J connectivity index is 0.00000225. The molecule has 0 spiro atoms.